The fourth-order valence-electron chi connectivity index (χ4n) is 1.15. The van der Waals surface area contributed by atoms with E-state index in [-0.39, 0.29) is 11.0 Å². The van der Waals surface area contributed by atoms with Gasteiger partial charge in [0, 0.05) is 0 Å². The second-order valence-corrected chi connectivity index (χ2v) is 5.66. The number of aromatic nitrogens is 2. The molecule has 1 amide bonds. The van der Waals surface area contributed by atoms with Gasteiger partial charge in [-0.15, -0.1) is 21.5 Å². The SMILES string of the molecule is CCc1nnc(NC(=S)NC(=O)c2cccs2)s1. The molecule has 0 bridgehead atoms. The van der Waals surface area contributed by atoms with Crippen LogP contribution in [0.2, 0.25) is 0 Å². The zero-order valence-electron chi connectivity index (χ0n) is 9.47. The Morgan fingerprint density at radius 3 is 2.94 bits per heavy atom. The number of hydrogen-bond acceptors (Lipinski definition) is 6. The summed E-state index contributed by atoms with van der Waals surface area (Å²) in [5.74, 6) is -0.220. The average molecular weight is 298 g/mol. The predicted molar refractivity (Wildman–Crippen MR) is 77.3 cm³/mol. The Bertz CT molecular complexity index is 549. The van der Waals surface area contributed by atoms with Crippen molar-refractivity contribution in [3.05, 3.63) is 27.4 Å². The third-order valence-corrected chi connectivity index (χ3v) is 4.02. The molecule has 0 saturated heterocycles. The molecule has 94 valence electrons. The summed E-state index contributed by atoms with van der Waals surface area (Å²) in [6, 6.07) is 3.55. The maximum absolute atomic E-state index is 11.7. The van der Waals surface area contributed by atoms with E-state index >= 15 is 0 Å². The molecule has 2 heterocycles. The van der Waals surface area contributed by atoms with Crippen LogP contribution < -0.4 is 10.6 Å². The summed E-state index contributed by atoms with van der Waals surface area (Å²) in [6.07, 6.45) is 0.827. The molecule has 0 atom stereocenters. The van der Waals surface area contributed by atoms with E-state index in [4.69, 9.17) is 12.2 Å². The highest BCUT2D eigenvalue weighted by atomic mass is 32.1. The number of thiophene rings is 1. The molecule has 0 unspecified atom stereocenters. The third kappa shape index (κ3) is 3.31. The number of thiocarbonyl (C=S) groups is 1. The molecule has 2 aromatic rings. The largest absolute Gasteiger partial charge is 0.307 e. The van der Waals surface area contributed by atoms with Crippen molar-refractivity contribution < 1.29 is 4.79 Å². The zero-order chi connectivity index (χ0) is 13.0. The predicted octanol–water partition coefficient (Wildman–Crippen LogP) is 2.29. The summed E-state index contributed by atoms with van der Waals surface area (Å²) in [5.41, 5.74) is 0. The van der Waals surface area contributed by atoms with E-state index in [1.54, 1.807) is 6.07 Å². The topological polar surface area (TPSA) is 66.9 Å². The van der Waals surface area contributed by atoms with Gasteiger partial charge >= 0.3 is 0 Å². The van der Waals surface area contributed by atoms with Gasteiger partial charge in [-0.25, -0.2) is 0 Å². The van der Waals surface area contributed by atoms with Crippen molar-refractivity contribution in [2.45, 2.75) is 13.3 Å². The van der Waals surface area contributed by atoms with E-state index in [1.807, 2.05) is 18.4 Å². The highest BCUT2D eigenvalue weighted by Gasteiger charge is 2.10. The number of carbonyl (C=O) groups is 1. The van der Waals surface area contributed by atoms with E-state index in [2.05, 4.69) is 20.8 Å². The molecule has 0 fully saturated rings. The van der Waals surface area contributed by atoms with Crippen molar-refractivity contribution in [2.75, 3.05) is 5.32 Å². The quantitative estimate of drug-likeness (QED) is 0.851. The number of hydrogen-bond donors (Lipinski definition) is 2. The van der Waals surface area contributed by atoms with Crippen molar-refractivity contribution in [2.24, 2.45) is 0 Å². The standard InChI is InChI=1S/C10H10N4OS3/c1-2-7-13-14-10(18-7)12-9(16)11-8(15)6-4-3-5-17-6/h3-5H,2H2,1H3,(H2,11,12,14,15,16). The van der Waals surface area contributed by atoms with Gasteiger partial charge in [0.2, 0.25) is 5.13 Å². The molecule has 0 spiro atoms. The van der Waals surface area contributed by atoms with Crippen LogP contribution in [0.5, 0.6) is 0 Å². The summed E-state index contributed by atoms with van der Waals surface area (Å²) in [6.45, 7) is 2.00. The van der Waals surface area contributed by atoms with Crippen molar-refractivity contribution in [1.29, 1.82) is 0 Å². The van der Waals surface area contributed by atoms with Crippen LogP contribution in [0.15, 0.2) is 17.5 Å². The zero-order valence-corrected chi connectivity index (χ0v) is 11.9. The summed E-state index contributed by atoms with van der Waals surface area (Å²) in [5, 5.41) is 16.9. The first-order chi connectivity index (χ1) is 8.69. The van der Waals surface area contributed by atoms with Crippen molar-refractivity contribution >= 4 is 51.0 Å². The molecule has 8 heteroatoms. The van der Waals surface area contributed by atoms with Gasteiger partial charge < -0.3 is 5.32 Å². The van der Waals surface area contributed by atoms with Gasteiger partial charge in [-0.2, -0.15) is 0 Å². The van der Waals surface area contributed by atoms with Crippen LogP contribution >= 0.6 is 34.9 Å². The fraction of sp³-hybridized carbons (Fsp3) is 0.200. The van der Waals surface area contributed by atoms with E-state index in [0.717, 1.165) is 11.4 Å². The first-order valence-electron chi connectivity index (χ1n) is 5.17. The Kier molecular flexibility index (Phi) is 4.34. The fourth-order valence-corrected chi connectivity index (χ4v) is 2.70. The molecule has 0 aliphatic rings. The number of carbonyl (C=O) groups excluding carboxylic acids is 1. The highest BCUT2D eigenvalue weighted by Crippen LogP contribution is 2.15. The van der Waals surface area contributed by atoms with E-state index in [9.17, 15) is 4.79 Å². The first-order valence-corrected chi connectivity index (χ1v) is 7.27. The third-order valence-electron chi connectivity index (χ3n) is 1.96. The Labute approximate surface area is 117 Å². The summed E-state index contributed by atoms with van der Waals surface area (Å²) in [7, 11) is 0. The monoisotopic (exact) mass is 298 g/mol. The Morgan fingerprint density at radius 2 is 2.33 bits per heavy atom. The van der Waals surface area contributed by atoms with Crippen LogP contribution in [0.25, 0.3) is 0 Å². The van der Waals surface area contributed by atoms with Gasteiger partial charge in [-0.05, 0) is 30.1 Å². The van der Waals surface area contributed by atoms with Crippen LogP contribution in [0, 0.1) is 0 Å². The Hall–Kier alpha value is -1.38. The number of nitrogens with zero attached hydrogens (tertiary/aromatic N) is 2. The highest BCUT2D eigenvalue weighted by molar-refractivity contribution is 7.80. The van der Waals surface area contributed by atoms with Gasteiger partial charge in [0.15, 0.2) is 5.11 Å². The summed E-state index contributed by atoms with van der Waals surface area (Å²) >= 11 is 7.81. The van der Waals surface area contributed by atoms with Gasteiger partial charge in [0.25, 0.3) is 5.91 Å². The molecule has 0 aromatic carbocycles. The maximum Gasteiger partial charge on any atom is 0.267 e. The number of amides is 1. The second-order valence-electron chi connectivity index (χ2n) is 3.24. The Balaban J connectivity index is 1.91. The van der Waals surface area contributed by atoms with Crippen LogP contribution in [0.1, 0.15) is 21.6 Å². The molecule has 2 aromatic heterocycles. The lowest BCUT2D eigenvalue weighted by atomic mass is 10.4. The smallest absolute Gasteiger partial charge is 0.267 e. The minimum atomic E-state index is -0.220. The molecule has 18 heavy (non-hydrogen) atoms. The van der Waals surface area contributed by atoms with Crippen LogP contribution in [-0.4, -0.2) is 21.2 Å². The van der Waals surface area contributed by atoms with E-state index in [0.29, 0.717) is 10.0 Å². The molecular formula is C10H10N4OS3. The average Bonchev–Trinajstić information content (AvgIpc) is 2.98. The van der Waals surface area contributed by atoms with Gasteiger partial charge in [-0.3, -0.25) is 10.1 Å². The minimum Gasteiger partial charge on any atom is -0.307 e. The normalized spacial score (nSPS) is 10.1. The molecular weight excluding hydrogens is 288 g/mol. The summed E-state index contributed by atoms with van der Waals surface area (Å²) < 4.78 is 0. The van der Waals surface area contributed by atoms with E-state index in [1.165, 1.54) is 22.7 Å². The number of anilines is 1. The van der Waals surface area contributed by atoms with Gasteiger partial charge in [0.1, 0.15) is 5.01 Å². The number of rotatable bonds is 3. The number of nitrogens with one attached hydrogen (secondary N) is 2. The van der Waals surface area contributed by atoms with Crippen molar-refractivity contribution in [3.8, 4) is 0 Å². The molecule has 2 N–H and O–H groups in total. The van der Waals surface area contributed by atoms with Crippen molar-refractivity contribution in [3.63, 3.8) is 0 Å². The molecule has 5 nitrogen and oxygen atoms in total. The molecule has 0 saturated carbocycles. The first kappa shape index (κ1) is 13.1. The van der Waals surface area contributed by atoms with Crippen LogP contribution in [0.4, 0.5) is 5.13 Å². The number of aryl methyl sites for hydroxylation is 1. The lowest BCUT2D eigenvalue weighted by molar-refractivity contribution is 0.0981. The van der Waals surface area contributed by atoms with Crippen LogP contribution in [-0.2, 0) is 6.42 Å². The lowest BCUT2D eigenvalue weighted by Gasteiger charge is -2.04. The molecule has 2 rings (SSSR count). The van der Waals surface area contributed by atoms with Gasteiger partial charge in [0.05, 0.1) is 4.88 Å². The minimum absolute atomic E-state index is 0.220. The molecule has 0 aliphatic heterocycles. The lowest BCUT2D eigenvalue weighted by Crippen LogP contribution is -2.33. The molecule has 0 radical (unpaired) electrons. The van der Waals surface area contributed by atoms with Gasteiger partial charge in [-0.1, -0.05) is 24.3 Å². The van der Waals surface area contributed by atoms with Crippen molar-refractivity contribution in [1.82, 2.24) is 15.5 Å². The second kappa shape index (κ2) is 5.98. The van der Waals surface area contributed by atoms with Crippen LogP contribution in [0.3, 0.4) is 0 Å². The molecule has 0 aliphatic carbocycles. The van der Waals surface area contributed by atoms with E-state index < -0.39 is 0 Å². The maximum atomic E-state index is 11.7. The Morgan fingerprint density at radius 1 is 1.50 bits per heavy atom. The summed E-state index contributed by atoms with van der Waals surface area (Å²) in [4.78, 5) is 12.3.